The van der Waals surface area contributed by atoms with Gasteiger partial charge in [-0.2, -0.15) is 0 Å². The third-order valence-corrected chi connectivity index (χ3v) is 3.86. The van der Waals surface area contributed by atoms with E-state index < -0.39 is 12.2 Å². The molecular weight excluding hydrogens is 348 g/mol. The lowest BCUT2D eigenvalue weighted by Crippen LogP contribution is -2.22. The van der Waals surface area contributed by atoms with E-state index in [0.29, 0.717) is 11.5 Å². The van der Waals surface area contributed by atoms with Crippen molar-refractivity contribution in [1.29, 1.82) is 0 Å². The molecule has 0 bridgehead atoms. The van der Waals surface area contributed by atoms with Crippen LogP contribution in [0.1, 0.15) is 11.1 Å². The van der Waals surface area contributed by atoms with E-state index in [2.05, 4.69) is 0 Å². The second-order valence-corrected chi connectivity index (χ2v) is 6.31. The summed E-state index contributed by atoms with van der Waals surface area (Å²) in [5.74, 6) is 1.43. The van der Waals surface area contributed by atoms with Gasteiger partial charge >= 0.3 is 0 Å². The quantitative estimate of drug-likeness (QED) is 0.590. The second kappa shape index (κ2) is 11.6. The van der Waals surface area contributed by atoms with Gasteiger partial charge in [-0.1, -0.05) is 24.3 Å². The maximum absolute atomic E-state index is 9.60. The number of aliphatic hydroxyl groups is 2. The van der Waals surface area contributed by atoms with Crippen LogP contribution in [0.2, 0.25) is 0 Å². The van der Waals surface area contributed by atoms with Crippen LogP contribution in [0, 0.1) is 0 Å². The van der Waals surface area contributed by atoms with Crippen LogP contribution in [0.5, 0.6) is 11.5 Å². The van der Waals surface area contributed by atoms with E-state index in [1.807, 2.05) is 48.5 Å². The number of ether oxygens (including phenoxy) is 4. The molecule has 0 aliphatic rings. The van der Waals surface area contributed by atoms with E-state index in [9.17, 15) is 10.2 Å². The maximum atomic E-state index is 9.60. The van der Waals surface area contributed by atoms with Crippen LogP contribution in [0.4, 0.5) is 0 Å². The van der Waals surface area contributed by atoms with Gasteiger partial charge in [0.15, 0.2) is 0 Å². The Morgan fingerprint density at radius 2 is 1.00 bits per heavy atom. The van der Waals surface area contributed by atoms with Crippen LogP contribution in [-0.2, 0) is 15.9 Å². The number of rotatable bonds is 12. The summed E-state index contributed by atoms with van der Waals surface area (Å²) in [5.41, 5.74) is 2.31. The van der Waals surface area contributed by atoms with Crippen LogP contribution in [0.15, 0.2) is 48.5 Å². The van der Waals surface area contributed by atoms with Crippen LogP contribution in [0.3, 0.4) is 0 Å². The van der Waals surface area contributed by atoms with Gasteiger partial charge in [-0.05, 0) is 41.8 Å². The first-order chi connectivity index (χ1) is 13.1. The Hall–Kier alpha value is -2.12. The van der Waals surface area contributed by atoms with Gasteiger partial charge in [-0.15, -0.1) is 0 Å². The third kappa shape index (κ3) is 7.97. The van der Waals surface area contributed by atoms with E-state index in [1.54, 1.807) is 14.2 Å². The molecular formula is C21H28O6. The summed E-state index contributed by atoms with van der Waals surface area (Å²) in [6.45, 7) is 0.910. The summed E-state index contributed by atoms with van der Waals surface area (Å²) in [6, 6.07) is 15.6. The van der Waals surface area contributed by atoms with Crippen molar-refractivity contribution in [3.63, 3.8) is 0 Å². The first-order valence-electron chi connectivity index (χ1n) is 8.88. The molecule has 0 aromatic heterocycles. The fourth-order valence-electron chi connectivity index (χ4n) is 2.51. The van der Waals surface area contributed by atoms with Gasteiger partial charge in [0.25, 0.3) is 0 Å². The highest BCUT2D eigenvalue weighted by Gasteiger charge is 2.06. The molecule has 0 saturated carbocycles. The summed E-state index contributed by atoms with van der Waals surface area (Å²) >= 11 is 0. The molecule has 2 rings (SSSR count). The number of benzene rings is 2. The molecule has 0 fully saturated rings. The predicted molar refractivity (Wildman–Crippen MR) is 102 cm³/mol. The van der Waals surface area contributed by atoms with Crippen LogP contribution < -0.4 is 9.47 Å². The lowest BCUT2D eigenvalue weighted by atomic mass is 10.0. The number of methoxy groups -OCH3 is 2. The van der Waals surface area contributed by atoms with E-state index in [-0.39, 0.29) is 26.4 Å². The van der Waals surface area contributed by atoms with Crippen molar-refractivity contribution in [3.05, 3.63) is 59.7 Å². The molecule has 6 heteroatoms. The number of hydrogen-bond donors (Lipinski definition) is 2. The first-order valence-corrected chi connectivity index (χ1v) is 8.88. The van der Waals surface area contributed by atoms with Crippen LogP contribution in [0.25, 0.3) is 0 Å². The fourth-order valence-corrected chi connectivity index (χ4v) is 2.51. The van der Waals surface area contributed by atoms with Gasteiger partial charge in [0.2, 0.25) is 0 Å². The molecule has 2 atom stereocenters. The molecule has 6 nitrogen and oxygen atoms in total. The van der Waals surface area contributed by atoms with Crippen molar-refractivity contribution in [1.82, 2.24) is 0 Å². The lowest BCUT2D eigenvalue weighted by molar-refractivity contribution is 0.0325. The highest BCUT2D eigenvalue weighted by molar-refractivity contribution is 5.34. The Bertz CT molecular complexity index is 583. The molecule has 2 N–H and O–H groups in total. The lowest BCUT2D eigenvalue weighted by Gasteiger charge is -2.12. The average molecular weight is 376 g/mol. The molecule has 0 amide bonds. The molecule has 2 aromatic rings. The minimum absolute atomic E-state index is 0.202. The van der Waals surface area contributed by atoms with Gasteiger partial charge in [0.1, 0.15) is 36.9 Å². The molecule has 2 aromatic carbocycles. The highest BCUT2D eigenvalue weighted by Crippen LogP contribution is 2.18. The highest BCUT2D eigenvalue weighted by atomic mass is 16.5. The molecule has 0 aliphatic carbocycles. The molecule has 0 aliphatic heterocycles. The van der Waals surface area contributed by atoms with E-state index >= 15 is 0 Å². The summed E-state index contributed by atoms with van der Waals surface area (Å²) in [6.07, 6.45) is -0.476. The Labute approximate surface area is 160 Å². The second-order valence-electron chi connectivity index (χ2n) is 6.31. The molecule has 27 heavy (non-hydrogen) atoms. The topological polar surface area (TPSA) is 77.4 Å². The van der Waals surface area contributed by atoms with Crippen molar-refractivity contribution in [2.45, 2.75) is 18.6 Å². The molecule has 148 valence electrons. The van der Waals surface area contributed by atoms with Gasteiger partial charge in [-0.25, -0.2) is 0 Å². The minimum atomic E-state index is -0.633. The summed E-state index contributed by atoms with van der Waals surface area (Å²) in [7, 11) is 3.09. The minimum Gasteiger partial charge on any atom is -0.491 e. The summed E-state index contributed by atoms with van der Waals surface area (Å²) < 4.78 is 20.8. The molecule has 2 unspecified atom stereocenters. The number of aliphatic hydroxyl groups excluding tert-OH is 2. The zero-order valence-electron chi connectivity index (χ0n) is 15.8. The monoisotopic (exact) mass is 376 g/mol. The zero-order chi connectivity index (χ0) is 19.5. The largest absolute Gasteiger partial charge is 0.491 e. The van der Waals surface area contributed by atoms with Crippen LogP contribution in [-0.4, -0.2) is 63.1 Å². The fraction of sp³-hybridized carbons (Fsp3) is 0.429. The van der Waals surface area contributed by atoms with Gasteiger partial charge < -0.3 is 29.2 Å². The first kappa shape index (κ1) is 21.2. The van der Waals surface area contributed by atoms with Crippen LogP contribution >= 0.6 is 0 Å². The normalized spacial score (nSPS) is 13.2. The molecule has 0 spiro atoms. The Morgan fingerprint density at radius 3 is 1.33 bits per heavy atom. The molecule has 0 radical (unpaired) electrons. The SMILES string of the molecule is COCC(O)COc1ccc(Cc2ccc(OCC(O)COC)cc2)cc1. The van der Waals surface area contributed by atoms with Crippen molar-refractivity contribution >= 4 is 0 Å². The van der Waals surface area contributed by atoms with E-state index in [0.717, 1.165) is 17.5 Å². The smallest absolute Gasteiger partial charge is 0.119 e. The van der Waals surface area contributed by atoms with Crippen molar-refractivity contribution in [3.8, 4) is 11.5 Å². The molecule has 0 saturated heterocycles. The Kier molecular flexibility index (Phi) is 9.07. The standard InChI is InChI=1S/C21H28O6/c1-24-12-18(22)14-26-20-7-3-16(4-8-20)11-17-5-9-21(10-6-17)27-15-19(23)13-25-2/h3-10,18-19,22-23H,11-15H2,1-2H3. The summed E-state index contributed by atoms with van der Waals surface area (Å²) in [5, 5.41) is 19.2. The van der Waals surface area contributed by atoms with Crippen molar-refractivity contribution in [2.24, 2.45) is 0 Å². The van der Waals surface area contributed by atoms with Crippen molar-refractivity contribution < 1.29 is 29.2 Å². The van der Waals surface area contributed by atoms with E-state index in [4.69, 9.17) is 18.9 Å². The van der Waals surface area contributed by atoms with Gasteiger partial charge in [0.05, 0.1) is 13.2 Å². The average Bonchev–Trinajstić information content (AvgIpc) is 2.67. The molecule has 0 heterocycles. The van der Waals surface area contributed by atoms with Gasteiger partial charge in [-0.3, -0.25) is 0 Å². The van der Waals surface area contributed by atoms with E-state index in [1.165, 1.54) is 0 Å². The van der Waals surface area contributed by atoms with Crippen molar-refractivity contribution in [2.75, 3.05) is 40.6 Å². The number of hydrogen-bond acceptors (Lipinski definition) is 6. The predicted octanol–water partition coefficient (Wildman–Crippen LogP) is 2.05. The Balaban J connectivity index is 1.80. The Morgan fingerprint density at radius 1 is 0.630 bits per heavy atom. The maximum Gasteiger partial charge on any atom is 0.119 e. The summed E-state index contributed by atoms with van der Waals surface area (Å²) in [4.78, 5) is 0. The zero-order valence-corrected chi connectivity index (χ0v) is 15.8. The third-order valence-electron chi connectivity index (χ3n) is 3.86. The van der Waals surface area contributed by atoms with Gasteiger partial charge in [0, 0.05) is 14.2 Å².